The SMILES string of the molecule is Cc1cccc(-c2nc(C(C)C)no2)c1NC(=O)c1cc(-c2ccco2)n(-c2ccc(Cl)cc2)n1. The second-order valence-electron chi connectivity index (χ2n) is 8.34. The molecule has 1 N–H and O–H groups in total. The minimum absolute atomic E-state index is 0.118. The highest BCUT2D eigenvalue weighted by Crippen LogP contribution is 2.32. The Hall–Kier alpha value is -4.17. The molecule has 0 saturated carbocycles. The molecule has 176 valence electrons. The molecule has 0 radical (unpaired) electrons. The van der Waals surface area contributed by atoms with Crippen molar-refractivity contribution in [2.24, 2.45) is 0 Å². The van der Waals surface area contributed by atoms with Crippen molar-refractivity contribution in [3.8, 4) is 28.6 Å². The fourth-order valence-electron chi connectivity index (χ4n) is 3.64. The number of furan rings is 1. The Morgan fingerprint density at radius 2 is 1.89 bits per heavy atom. The van der Waals surface area contributed by atoms with Crippen LogP contribution < -0.4 is 5.32 Å². The van der Waals surface area contributed by atoms with Crippen molar-refractivity contribution in [1.29, 1.82) is 0 Å². The Morgan fingerprint density at radius 1 is 1.09 bits per heavy atom. The summed E-state index contributed by atoms with van der Waals surface area (Å²) in [4.78, 5) is 17.9. The molecule has 5 rings (SSSR count). The first-order valence-corrected chi connectivity index (χ1v) is 11.4. The van der Waals surface area contributed by atoms with E-state index in [1.807, 2.05) is 57.2 Å². The minimum Gasteiger partial charge on any atom is -0.463 e. The molecule has 9 heteroatoms. The van der Waals surface area contributed by atoms with Crippen LogP contribution in [-0.2, 0) is 0 Å². The van der Waals surface area contributed by atoms with E-state index in [1.54, 1.807) is 35.2 Å². The maximum absolute atomic E-state index is 13.4. The maximum atomic E-state index is 13.4. The van der Waals surface area contributed by atoms with Crippen molar-refractivity contribution in [2.75, 3.05) is 5.32 Å². The van der Waals surface area contributed by atoms with Gasteiger partial charge in [0.25, 0.3) is 11.8 Å². The predicted molar refractivity (Wildman–Crippen MR) is 133 cm³/mol. The maximum Gasteiger partial charge on any atom is 0.276 e. The molecule has 0 aliphatic rings. The lowest BCUT2D eigenvalue weighted by atomic mass is 10.1. The summed E-state index contributed by atoms with van der Waals surface area (Å²) in [6, 6.07) is 18.1. The molecule has 0 spiro atoms. The zero-order valence-corrected chi connectivity index (χ0v) is 20.1. The van der Waals surface area contributed by atoms with E-state index in [1.165, 1.54) is 0 Å². The standard InChI is InChI=1S/C26H22ClN5O3/c1-15(2)24-29-26(35-31-24)19-7-4-6-16(3)23(19)28-25(33)20-14-21(22-8-5-13-34-22)32(30-20)18-11-9-17(27)10-12-18/h4-15H,1-3H3,(H,28,33). The van der Waals surface area contributed by atoms with E-state index in [0.717, 1.165) is 11.3 Å². The van der Waals surface area contributed by atoms with Crippen molar-refractivity contribution >= 4 is 23.2 Å². The normalized spacial score (nSPS) is 11.2. The Balaban J connectivity index is 1.52. The average molecular weight is 488 g/mol. The first-order chi connectivity index (χ1) is 16.9. The van der Waals surface area contributed by atoms with Crippen molar-refractivity contribution < 1.29 is 13.7 Å². The number of halogens is 1. The van der Waals surface area contributed by atoms with Crippen LogP contribution in [0.1, 0.15) is 41.6 Å². The molecule has 0 atom stereocenters. The number of anilines is 1. The van der Waals surface area contributed by atoms with Gasteiger partial charge in [-0.25, -0.2) is 4.68 Å². The molecular formula is C26H22ClN5O3. The summed E-state index contributed by atoms with van der Waals surface area (Å²) in [5, 5.41) is 12.2. The van der Waals surface area contributed by atoms with Crippen molar-refractivity contribution in [2.45, 2.75) is 26.7 Å². The van der Waals surface area contributed by atoms with Crippen LogP contribution in [0.15, 0.2) is 75.9 Å². The van der Waals surface area contributed by atoms with E-state index in [9.17, 15) is 4.79 Å². The van der Waals surface area contributed by atoms with Crippen molar-refractivity contribution in [3.63, 3.8) is 0 Å². The van der Waals surface area contributed by atoms with Gasteiger partial charge in [-0.05, 0) is 55.0 Å². The molecule has 0 bridgehead atoms. The van der Waals surface area contributed by atoms with E-state index in [2.05, 4.69) is 20.6 Å². The quantitative estimate of drug-likeness (QED) is 0.292. The van der Waals surface area contributed by atoms with E-state index in [4.69, 9.17) is 20.5 Å². The molecule has 3 aromatic heterocycles. The van der Waals surface area contributed by atoms with Crippen LogP contribution in [0.25, 0.3) is 28.6 Å². The molecule has 1 amide bonds. The van der Waals surface area contributed by atoms with Crippen LogP contribution in [0.2, 0.25) is 5.02 Å². The first-order valence-electron chi connectivity index (χ1n) is 11.1. The van der Waals surface area contributed by atoms with Gasteiger partial charge in [0.1, 0.15) is 5.69 Å². The molecular weight excluding hydrogens is 466 g/mol. The Morgan fingerprint density at radius 3 is 2.57 bits per heavy atom. The Bertz CT molecular complexity index is 1480. The van der Waals surface area contributed by atoms with Crippen LogP contribution in [0.4, 0.5) is 5.69 Å². The summed E-state index contributed by atoms with van der Waals surface area (Å²) in [5.41, 5.74) is 3.66. The number of nitrogens with zero attached hydrogens (tertiary/aromatic N) is 4. The number of amides is 1. The number of rotatable bonds is 6. The number of para-hydroxylation sites is 1. The molecule has 2 aromatic carbocycles. The third kappa shape index (κ3) is 4.48. The molecule has 0 unspecified atom stereocenters. The van der Waals surface area contributed by atoms with Crippen LogP contribution >= 0.6 is 11.6 Å². The fraction of sp³-hybridized carbons (Fsp3) is 0.154. The van der Waals surface area contributed by atoms with Gasteiger partial charge in [0.2, 0.25) is 0 Å². The van der Waals surface area contributed by atoms with Gasteiger partial charge < -0.3 is 14.3 Å². The summed E-state index contributed by atoms with van der Waals surface area (Å²) in [6.45, 7) is 5.88. The topological polar surface area (TPSA) is 99.0 Å². The van der Waals surface area contributed by atoms with Crippen molar-refractivity contribution in [1.82, 2.24) is 19.9 Å². The number of aromatic nitrogens is 4. The molecule has 0 aliphatic carbocycles. The van der Waals surface area contributed by atoms with Crippen LogP contribution in [-0.4, -0.2) is 25.8 Å². The number of carbonyl (C=O) groups excluding carboxylic acids is 1. The molecule has 8 nitrogen and oxygen atoms in total. The lowest BCUT2D eigenvalue weighted by molar-refractivity contribution is 0.102. The van der Waals surface area contributed by atoms with Gasteiger partial charge in [-0.1, -0.05) is 42.7 Å². The Labute approximate surface area is 206 Å². The largest absolute Gasteiger partial charge is 0.463 e. The van der Waals surface area contributed by atoms with Crippen LogP contribution in [0.3, 0.4) is 0 Å². The monoisotopic (exact) mass is 487 g/mol. The number of nitrogens with one attached hydrogen (secondary N) is 1. The zero-order chi connectivity index (χ0) is 24.5. The highest BCUT2D eigenvalue weighted by molar-refractivity contribution is 6.30. The summed E-state index contributed by atoms with van der Waals surface area (Å²) in [7, 11) is 0. The van der Waals surface area contributed by atoms with E-state index in [-0.39, 0.29) is 17.5 Å². The summed E-state index contributed by atoms with van der Waals surface area (Å²) < 4.78 is 12.7. The molecule has 3 heterocycles. The van der Waals surface area contributed by atoms with Gasteiger partial charge in [-0.2, -0.15) is 10.1 Å². The van der Waals surface area contributed by atoms with Gasteiger partial charge in [0, 0.05) is 17.0 Å². The van der Waals surface area contributed by atoms with E-state index < -0.39 is 0 Å². The number of hydrogen-bond acceptors (Lipinski definition) is 6. The smallest absolute Gasteiger partial charge is 0.276 e. The fourth-order valence-corrected chi connectivity index (χ4v) is 3.77. The average Bonchev–Trinajstić information content (AvgIpc) is 3.61. The van der Waals surface area contributed by atoms with Gasteiger partial charge in [0.15, 0.2) is 17.3 Å². The molecule has 35 heavy (non-hydrogen) atoms. The number of hydrogen-bond donors (Lipinski definition) is 1. The van der Waals surface area contributed by atoms with Gasteiger partial charge in [-0.3, -0.25) is 4.79 Å². The molecule has 0 saturated heterocycles. The zero-order valence-electron chi connectivity index (χ0n) is 19.3. The third-order valence-corrected chi connectivity index (χ3v) is 5.74. The van der Waals surface area contributed by atoms with Gasteiger partial charge in [0.05, 0.1) is 23.2 Å². The highest BCUT2D eigenvalue weighted by Gasteiger charge is 2.22. The lowest BCUT2D eigenvalue weighted by Gasteiger charge is -2.11. The molecule has 0 aliphatic heterocycles. The lowest BCUT2D eigenvalue weighted by Crippen LogP contribution is -2.15. The Kier molecular flexibility index (Phi) is 5.96. The van der Waals surface area contributed by atoms with Gasteiger partial charge >= 0.3 is 0 Å². The van der Waals surface area contributed by atoms with Crippen LogP contribution in [0.5, 0.6) is 0 Å². The first kappa shape index (κ1) is 22.6. The second-order valence-corrected chi connectivity index (χ2v) is 8.78. The molecule has 0 fully saturated rings. The van der Waals surface area contributed by atoms with E-state index in [0.29, 0.717) is 39.4 Å². The van der Waals surface area contributed by atoms with Gasteiger partial charge in [-0.15, -0.1) is 0 Å². The summed E-state index contributed by atoms with van der Waals surface area (Å²) >= 11 is 6.05. The number of aryl methyl sites for hydroxylation is 1. The predicted octanol–water partition coefficient (Wildman–Crippen LogP) is 6.52. The summed E-state index contributed by atoms with van der Waals surface area (Å²) in [6.07, 6.45) is 1.57. The minimum atomic E-state index is -0.385. The second kappa shape index (κ2) is 9.23. The molecule has 5 aromatic rings. The number of carbonyl (C=O) groups is 1. The number of benzene rings is 2. The highest BCUT2D eigenvalue weighted by atomic mass is 35.5. The third-order valence-electron chi connectivity index (χ3n) is 5.49. The van der Waals surface area contributed by atoms with Crippen LogP contribution in [0, 0.1) is 6.92 Å². The summed E-state index contributed by atoms with van der Waals surface area (Å²) in [5.74, 6) is 1.26. The van der Waals surface area contributed by atoms with Crippen molar-refractivity contribution in [3.05, 3.63) is 89.0 Å². The van der Waals surface area contributed by atoms with E-state index >= 15 is 0 Å².